The first kappa shape index (κ1) is 15.0. The summed E-state index contributed by atoms with van der Waals surface area (Å²) in [5, 5.41) is 11.9. The predicted molar refractivity (Wildman–Crippen MR) is 69.9 cm³/mol. The molecule has 7 nitrogen and oxygen atoms in total. The quantitative estimate of drug-likeness (QED) is 0.360. The Morgan fingerprint density at radius 1 is 1.37 bits per heavy atom. The van der Waals surface area contributed by atoms with E-state index in [4.69, 9.17) is 5.21 Å². The number of anilines is 1. The number of nitrogens with zero attached hydrogens (tertiary/aromatic N) is 1. The molecular weight excluding hydrogens is 272 g/mol. The molecule has 1 rings (SSSR count). The topological polar surface area (TPSA) is 105 Å². The summed E-state index contributed by atoms with van der Waals surface area (Å²) in [4.78, 5) is 11.1. The minimum Gasteiger partial charge on any atom is -0.469 e. The molecule has 0 fully saturated rings. The van der Waals surface area contributed by atoms with E-state index in [0.29, 0.717) is 11.3 Å². The van der Waals surface area contributed by atoms with Crippen LogP contribution in [0, 0.1) is 0 Å². The Labute approximate surface area is 110 Å². The minimum atomic E-state index is -3.34. The maximum Gasteiger partial charge on any atom is 0.311 e. The highest BCUT2D eigenvalue weighted by molar-refractivity contribution is 7.92. The fraction of sp³-hybridized carbons (Fsp3) is 0.273. The van der Waals surface area contributed by atoms with E-state index < -0.39 is 16.0 Å². The Bertz CT molecular complexity index is 578. The maximum absolute atomic E-state index is 11.1. The van der Waals surface area contributed by atoms with Crippen molar-refractivity contribution in [1.82, 2.24) is 0 Å². The molecule has 2 N–H and O–H groups in total. The highest BCUT2D eigenvalue weighted by Crippen LogP contribution is 2.13. The number of esters is 1. The summed E-state index contributed by atoms with van der Waals surface area (Å²) in [6.45, 7) is 0. The van der Waals surface area contributed by atoms with Crippen molar-refractivity contribution in [2.75, 3.05) is 18.1 Å². The van der Waals surface area contributed by atoms with Crippen molar-refractivity contribution < 1.29 is 23.2 Å². The van der Waals surface area contributed by atoms with Gasteiger partial charge in [0.25, 0.3) is 0 Å². The summed E-state index contributed by atoms with van der Waals surface area (Å²) in [7, 11) is -2.11. The predicted octanol–water partition coefficient (Wildman–Crippen LogP) is 0.799. The van der Waals surface area contributed by atoms with Crippen molar-refractivity contribution >= 4 is 27.4 Å². The molecule has 0 saturated carbocycles. The van der Waals surface area contributed by atoms with Crippen molar-refractivity contribution in [3.8, 4) is 0 Å². The number of hydrogen-bond acceptors (Lipinski definition) is 6. The van der Waals surface area contributed by atoms with Crippen LogP contribution < -0.4 is 4.72 Å². The zero-order valence-electron chi connectivity index (χ0n) is 10.5. The van der Waals surface area contributed by atoms with E-state index in [1.807, 2.05) is 0 Å². The number of hydrogen-bond donors (Lipinski definition) is 2. The number of carbonyl (C=O) groups excluding carboxylic acids is 1. The molecule has 0 spiro atoms. The monoisotopic (exact) mass is 286 g/mol. The number of oxime groups is 1. The average molecular weight is 286 g/mol. The number of carbonyl (C=O) groups is 1. The van der Waals surface area contributed by atoms with Gasteiger partial charge in [-0.15, -0.1) is 0 Å². The first-order valence-corrected chi connectivity index (χ1v) is 7.11. The molecule has 0 heterocycles. The lowest BCUT2D eigenvalue weighted by Gasteiger charge is -2.06. The van der Waals surface area contributed by atoms with Gasteiger partial charge in [-0.05, 0) is 12.1 Å². The van der Waals surface area contributed by atoms with Crippen molar-refractivity contribution in [3.05, 3.63) is 29.8 Å². The molecular formula is C11H14N2O5S. The highest BCUT2D eigenvalue weighted by atomic mass is 32.2. The van der Waals surface area contributed by atoms with E-state index in [9.17, 15) is 13.2 Å². The third-order valence-electron chi connectivity index (χ3n) is 2.18. The molecule has 0 amide bonds. The Hall–Kier alpha value is -2.09. The molecule has 0 aliphatic heterocycles. The molecule has 0 saturated heterocycles. The smallest absolute Gasteiger partial charge is 0.311 e. The number of ether oxygens (including phenoxy) is 1. The number of benzene rings is 1. The van der Waals surface area contributed by atoms with Crippen LogP contribution >= 0.6 is 0 Å². The van der Waals surface area contributed by atoms with Gasteiger partial charge in [0.05, 0.1) is 25.5 Å². The lowest BCUT2D eigenvalue weighted by Crippen LogP contribution is -2.12. The van der Waals surface area contributed by atoms with Crippen LogP contribution in [0.2, 0.25) is 0 Å². The lowest BCUT2D eigenvalue weighted by molar-refractivity contribution is -0.139. The van der Waals surface area contributed by atoms with Gasteiger partial charge >= 0.3 is 5.97 Å². The van der Waals surface area contributed by atoms with Crippen molar-refractivity contribution in [2.24, 2.45) is 5.16 Å². The van der Waals surface area contributed by atoms with Crippen LogP contribution in [-0.4, -0.2) is 38.7 Å². The Morgan fingerprint density at radius 3 is 2.37 bits per heavy atom. The number of sulfonamides is 1. The van der Waals surface area contributed by atoms with E-state index in [1.165, 1.54) is 31.4 Å². The standard InChI is InChI=1S/C11H14N2O5S/c1-18-11(14)7-10(12-15)8-3-5-9(6-4-8)13-19(2,16)17/h3-6,13,15H,7H2,1-2H3. The normalized spacial score (nSPS) is 12.0. The average Bonchev–Trinajstić information content (AvgIpc) is 2.35. The van der Waals surface area contributed by atoms with E-state index in [0.717, 1.165) is 6.26 Å². The second kappa shape index (κ2) is 6.19. The fourth-order valence-corrected chi connectivity index (χ4v) is 1.91. The molecule has 0 aliphatic carbocycles. The van der Waals surface area contributed by atoms with Crippen molar-refractivity contribution in [3.63, 3.8) is 0 Å². The summed E-state index contributed by atoms with van der Waals surface area (Å²) < 4.78 is 28.8. The third-order valence-corrected chi connectivity index (χ3v) is 2.79. The summed E-state index contributed by atoms with van der Waals surface area (Å²) in [6.07, 6.45) is 0.866. The van der Waals surface area contributed by atoms with Gasteiger partial charge in [0.1, 0.15) is 0 Å². The summed E-state index contributed by atoms with van der Waals surface area (Å²) >= 11 is 0. The molecule has 0 radical (unpaired) electrons. The molecule has 104 valence electrons. The van der Waals surface area contributed by atoms with E-state index in [1.54, 1.807) is 0 Å². The number of methoxy groups -OCH3 is 1. The molecule has 0 bridgehead atoms. The maximum atomic E-state index is 11.1. The summed E-state index contributed by atoms with van der Waals surface area (Å²) in [5.41, 5.74) is 1.01. The Kier molecular flexibility index (Phi) is 4.87. The minimum absolute atomic E-state index is 0.137. The van der Waals surface area contributed by atoms with Gasteiger partial charge < -0.3 is 9.94 Å². The third kappa shape index (κ3) is 4.96. The Morgan fingerprint density at radius 2 is 1.95 bits per heavy atom. The van der Waals surface area contributed by atoms with E-state index >= 15 is 0 Å². The number of rotatable bonds is 5. The van der Waals surface area contributed by atoms with Crippen molar-refractivity contribution in [2.45, 2.75) is 6.42 Å². The van der Waals surface area contributed by atoms with Gasteiger partial charge in [0, 0.05) is 11.3 Å². The van der Waals surface area contributed by atoms with E-state index in [-0.39, 0.29) is 12.1 Å². The van der Waals surface area contributed by atoms with Crippen LogP contribution in [0.1, 0.15) is 12.0 Å². The van der Waals surface area contributed by atoms with Gasteiger partial charge in [0.2, 0.25) is 10.0 Å². The largest absolute Gasteiger partial charge is 0.469 e. The van der Waals surface area contributed by atoms with Crippen molar-refractivity contribution in [1.29, 1.82) is 0 Å². The number of nitrogens with one attached hydrogen (secondary N) is 1. The van der Waals surface area contributed by atoms with Gasteiger partial charge in [-0.25, -0.2) is 8.42 Å². The molecule has 1 aromatic carbocycles. The molecule has 1 aromatic rings. The molecule has 0 aliphatic rings. The molecule has 0 atom stereocenters. The molecule has 19 heavy (non-hydrogen) atoms. The van der Waals surface area contributed by atoms with E-state index in [2.05, 4.69) is 14.6 Å². The molecule has 0 unspecified atom stereocenters. The van der Waals surface area contributed by atoms with Crippen LogP contribution in [0.25, 0.3) is 0 Å². The lowest BCUT2D eigenvalue weighted by atomic mass is 10.1. The van der Waals surface area contributed by atoms with Crippen LogP contribution in [0.4, 0.5) is 5.69 Å². The summed E-state index contributed by atoms with van der Waals surface area (Å²) in [6, 6.07) is 6.06. The van der Waals surface area contributed by atoms with Crippen LogP contribution in [0.5, 0.6) is 0 Å². The zero-order valence-corrected chi connectivity index (χ0v) is 11.3. The first-order chi connectivity index (χ1) is 8.85. The van der Waals surface area contributed by atoms with Crippen LogP contribution in [0.3, 0.4) is 0 Å². The summed E-state index contributed by atoms with van der Waals surface area (Å²) in [5.74, 6) is -0.536. The fourth-order valence-electron chi connectivity index (χ4n) is 1.35. The first-order valence-electron chi connectivity index (χ1n) is 5.21. The molecule has 8 heteroatoms. The molecule has 0 aromatic heterocycles. The SMILES string of the molecule is COC(=O)CC(=NO)c1ccc(NS(C)(=O)=O)cc1. The van der Waals surface area contributed by atoms with Gasteiger partial charge in [0.15, 0.2) is 0 Å². The van der Waals surface area contributed by atoms with Crippen LogP contribution in [0.15, 0.2) is 29.4 Å². The Balaban J connectivity index is 2.88. The van der Waals surface area contributed by atoms with Gasteiger partial charge in [-0.2, -0.15) is 0 Å². The zero-order chi connectivity index (χ0) is 14.5. The highest BCUT2D eigenvalue weighted by Gasteiger charge is 2.11. The van der Waals surface area contributed by atoms with Crippen LogP contribution in [-0.2, 0) is 19.6 Å². The van der Waals surface area contributed by atoms with Gasteiger partial charge in [-0.3, -0.25) is 9.52 Å². The second-order valence-corrected chi connectivity index (χ2v) is 5.50. The van der Waals surface area contributed by atoms with Gasteiger partial charge in [-0.1, -0.05) is 17.3 Å². The second-order valence-electron chi connectivity index (χ2n) is 3.75.